The van der Waals surface area contributed by atoms with Gasteiger partial charge in [-0.3, -0.25) is 0 Å². The molecule has 2 aromatic carbocycles. The van der Waals surface area contributed by atoms with Crippen LogP contribution in [0, 0.1) is 17.5 Å². The fourth-order valence-electron chi connectivity index (χ4n) is 2.34. The molecule has 2 rings (SSSR count). The molecule has 0 spiro atoms. The molecule has 4 heteroatoms. The molecule has 0 heterocycles. The van der Waals surface area contributed by atoms with Crippen LogP contribution in [-0.4, -0.2) is 13.1 Å². The molecule has 1 unspecified atom stereocenters. The third-order valence-electron chi connectivity index (χ3n) is 3.43. The van der Waals surface area contributed by atoms with Crippen LogP contribution in [-0.2, 0) is 6.42 Å². The minimum Gasteiger partial charge on any atom is -0.316 e. The van der Waals surface area contributed by atoms with Crippen molar-refractivity contribution >= 4 is 0 Å². The van der Waals surface area contributed by atoms with E-state index in [-0.39, 0.29) is 11.7 Å². The lowest BCUT2D eigenvalue weighted by Gasteiger charge is -2.18. The Balaban J connectivity index is 2.21. The first kappa shape index (κ1) is 15.6. The smallest absolute Gasteiger partial charge is 0.159 e. The van der Waals surface area contributed by atoms with Crippen LogP contribution in [0.5, 0.6) is 0 Å². The van der Waals surface area contributed by atoms with Crippen molar-refractivity contribution in [1.29, 1.82) is 0 Å². The number of hydrogen-bond donors (Lipinski definition) is 1. The van der Waals surface area contributed by atoms with Crippen molar-refractivity contribution < 1.29 is 13.2 Å². The standard InChI is InChI=1S/C17H18F3N/c1-2-21-11-14(13-4-3-5-15(18)10-13)8-12-6-7-16(19)17(20)9-12/h3-7,9-10,14,21H,2,8,11H2,1H3. The summed E-state index contributed by atoms with van der Waals surface area (Å²) in [4.78, 5) is 0. The average Bonchev–Trinajstić information content (AvgIpc) is 2.47. The van der Waals surface area contributed by atoms with Crippen LogP contribution >= 0.6 is 0 Å². The summed E-state index contributed by atoms with van der Waals surface area (Å²) in [6, 6.07) is 10.3. The molecule has 0 aliphatic heterocycles. The maximum absolute atomic E-state index is 13.4. The minimum atomic E-state index is -0.854. The van der Waals surface area contributed by atoms with Crippen LogP contribution in [0.15, 0.2) is 42.5 Å². The Kier molecular flexibility index (Phi) is 5.39. The Morgan fingerprint density at radius 3 is 2.48 bits per heavy atom. The largest absolute Gasteiger partial charge is 0.316 e. The van der Waals surface area contributed by atoms with E-state index in [1.165, 1.54) is 18.2 Å². The maximum atomic E-state index is 13.4. The normalized spacial score (nSPS) is 12.4. The average molecular weight is 293 g/mol. The van der Waals surface area contributed by atoms with Gasteiger partial charge in [0.05, 0.1) is 0 Å². The van der Waals surface area contributed by atoms with E-state index < -0.39 is 11.6 Å². The van der Waals surface area contributed by atoms with Gasteiger partial charge in [-0.25, -0.2) is 13.2 Å². The predicted molar refractivity (Wildman–Crippen MR) is 77.7 cm³/mol. The molecule has 0 aliphatic carbocycles. The van der Waals surface area contributed by atoms with Gasteiger partial charge in [0.2, 0.25) is 0 Å². The molecule has 0 saturated heterocycles. The number of benzene rings is 2. The van der Waals surface area contributed by atoms with Gasteiger partial charge in [-0.05, 0) is 48.4 Å². The first-order chi connectivity index (χ1) is 10.1. The van der Waals surface area contributed by atoms with E-state index in [1.807, 2.05) is 13.0 Å². The van der Waals surface area contributed by atoms with E-state index in [9.17, 15) is 13.2 Å². The zero-order valence-electron chi connectivity index (χ0n) is 11.9. The third kappa shape index (κ3) is 4.33. The molecule has 1 nitrogen and oxygen atoms in total. The zero-order chi connectivity index (χ0) is 15.2. The van der Waals surface area contributed by atoms with Gasteiger partial charge in [0.25, 0.3) is 0 Å². The molecule has 0 radical (unpaired) electrons. The Bertz CT molecular complexity index is 598. The SMILES string of the molecule is CCNCC(Cc1ccc(F)c(F)c1)c1cccc(F)c1. The van der Waals surface area contributed by atoms with Crippen LogP contribution in [0.25, 0.3) is 0 Å². The number of hydrogen-bond acceptors (Lipinski definition) is 1. The lowest BCUT2D eigenvalue weighted by molar-refractivity contribution is 0.505. The molecule has 0 fully saturated rings. The minimum absolute atomic E-state index is 0.00510. The second-order valence-corrected chi connectivity index (χ2v) is 5.01. The molecular weight excluding hydrogens is 275 g/mol. The first-order valence-electron chi connectivity index (χ1n) is 7.00. The van der Waals surface area contributed by atoms with E-state index in [1.54, 1.807) is 12.1 Å². The molecule has 0 aromatic heterocycles. The third-order valence-corrected chi connectivity index (χ3v) is 3.43. The monoisotopic (exact) mass is 293 g/mol. The lowest BCUT2D eigenvalue weighted by Crippen LogP contribution is -2.22. The van der Waals surface area contributed by atoms with E-state index in [4.69, 9.17) is 0 Å². The summed E-state index contributed by atoms with van der Waals surface area (Å²) in [5.41, 5.74) is 1.54. The Morgan fingerprint density at radius 1 is 1.00 bits per heavy atom. The number of rotatable bonds is 6. The predicted octanol–water partition coefficient (Wildman–Crippen LogP) is 4.04. The summed E-state index contributed by atoms with van der Waals surface area (Å²) in [6.07, 6.45) is 0.521. The van der Waals surface area contributed by atoms with E-state index in [0.717, 1.165) is 18.2 Å². The van der Waals surface area contributed by atoms with E-state index in [2.05, 4.69) is 5.32 Å². The van der Waals surface area contributed by atoms with Crippen LogP contribution < -0.4 is 5.32 Å². The van der Waals surface area contributed by atoms with Gasteiger partial charge < -0.3 is 5.32 Å². The van der Waals surface area contributed by atoms with Crippen molar-refractivity contribution in [2.75, 3.05) is 13.1 Å². The number of nitrogens with one attached hydrogen (secondary N) is 1. The van der Waals surface area contributed by atoms with E-state index in [0.29, 0.717) is 18.5 Å². The quantitative estimate of drug-likeness (QED) is 0.847. The van der Waals surface area contributed by atoms with Crippen molar-refractivity contribution in [2.24, 2.45) is 0 Å². The molecule has 1 atom stereocenters. The van der Waals surface area contributed by atoms with Gasteiger partial charge in [0.1, 0.15) is 5.82 Å². The van der Waals surface area contributed by atoms with Crippen molar-refractivity contribution in [1.82, 2.24) is 5.32 Å². The van der Waals surface area contributed by atoms with Gasteiger partial charge in [-0.15, -0.1) is 0 Å². The summed E-state index contributed by atoms with van der Waals surface area (Å²) in [6.45, 7) is 3.43. The highest BCUT2D eigenvalue weighted by Gasteiger charge is 2.14. The van der Waals surface area contributed by atoms with Crippen LogP contribution in [0.1, 0.15) is 24.0 Å². The Morgan fingerprint density at radius 2 is 1.81 bits per heavy atom. The second-order valence-electron chi connectivity index (χ2n) is 5.01. The van der Waals surface area contributed by atoms with Gasteiger partial charge >= 0.3 is 0 Å². The molecule has 0 amide bonds. The van der Waals surface area contributed by atoms with Crippen molar-refractivity contribution in [2.45, 2.75) is 19.3 Å². The summed E-state index contributed by atoms with van der Waals surface area (Å²) in [7, 11) is 0. The summed E-state index contributed by atoms with van der Waals surface area (Å²) >= 11 is 0. The summed E-state index contributed by atoms with van der Waals surface area (Å²) < 4.78 is 39.7. The van der Waals surface area contributed by atoms with Gasteiger partial charge in [-0.2, -0.15) is 0 Å². The van der Waals surface area contributed by atoms with Crippen LogP contribution in [0.3, 0.4) is 0 Å². The molecule has 2 aromatic rings. The molecule has 21 heavy (non-hydrogen) atoms. The summed E-state index contributed by atoms with van der Waals surface area (Å²) in [5.74, 6) is -1.99. The van der Waals surface area contributed by atoms with Crippen LogP contribution in [0.2, 0.25) is 0 Å². The van der Waals surface area contributed by atoms with E-state index >= 15 is 0 Å². The Labute approximate surface area is 122 Å². The molecule has 0 aliphatic rings. The van der Waals surface area contributed by atoms with Gasteiger partial charge in [0.15, 0.2) is 11.6 Å². The fraction of sp³-hybridized carbons (Fsp3) is 0.294. The molecule has 0 bridgehead atoms. The number of halogens is 3. The van der Waals surface area contributed by atoms with Gasteiger partial charge in [0, 0.05) is 12.5 Å². The molecule has 112 valence electrons. The fourth-order valence-corrected chi connectivity index (χ4v) is 2.34. The van der Waals surface area contributed by atoms with Crippen molar-refractivity contribution in [3.8, 4) is 0 Å². The molecule has 0 saturated carbocycles. The maximum Gasteiger partial charge on any atom is 0.159 e. The van der Waals surface area contributed by atoms with Crippen LogP contribution in [0.4, 0.5) is 13.2 Å². The topological polar surface area (TPSA) is 12.0 Å². The first-order valence-corrected chi connectivity index (χ1v) is 7.00. The van der Waals surface area contributed by atoms with Crippen molar-refractivity contribution in [3.05, 3.63) is 71.0 Å². The summed E-state index contributed by atoms with van der Waals surface area (Å²) in [5, 5.41) is 3.22. The highest BCUT2D eigenvalue weighted by molar-refractivity contribution is 5.26. The molecular formula is C17H18F3N. The Hall–Kier alpha value is -1.81. The highest BCUT2D eigenvalue weighted by atomic mass is 19.2. The number of likely N-dealkylation sites (N-methyl/N-ethyl adjacent to an activating group) is 1. The lowest BCUT2D eigenvalue weighted by atomic mass is 9.91. The molecule has 1 N–H and O–H groups in total. The van der Waals surface area contributed by atoms with Gasteiger partial charge in [-0.1, -0.05) is 25.1 Å². The zero-order valence-corrected chi connectivity index (χ0v) is 11.9. The second kappa shape index (κ2) is 7.27. The van der Waals surface area contributed by atoms with Crippen molar-refractivity contribution in [3.63, 3.8) is 0 Å². The highest BCUT2D eigenvalue weighted by Crippen LogP contribution is 2.22.